The van der Waals surface area contributed by atoms with Gasteiger partial charge in [-0.2, -0.15) is 0 Å². The van der Waals surface area contributed by atoms with Gasteiger partial charge in [0.25, 0.3) is 5.91 Å². The number of imidazole rings is 1. The number of halogens is 1. The number of thiazole rings is 2. The number of hydrogen-bond acceptors (Lipinski definition) is 8. The first kappa shape index (κ1) is 21.4. The van der Waals surface area contributed by atoms with Crippen molar-refractivity contribution in [2.24, 2.45) is 0 Å². The largest absolute Gasteiger partial charge is 0.493 e. The van der Waals surface area contributed by atoms with Crippen molar-refractivity contribution in [2.45, 2.75) is 0 Å². The number of nitrogens with one attached hydrogen (secondary N) is 1. The average molecular weight is 498 g/mol. The number of nitrogens with zero attached hydrogens (tertiary/aromatic N) is 4. The summed E-state index contributed by atoms with van der Waals surface area (Å²) in [7, 11) is 3.15. The van der Waals surface area contributed by atoms with Crippen molar-refractivity contribution in [1.82, 2.24) is 19.5 Å². The predicted molar refractivity (Wildman–Crippen MR) is 130 cm³/mol. The Morgan fingerprint density at radius 2 is 1.94 bits per heavy atom. The second-order valence-electron chi connectivity index (χ2n) is 6.79. The van der Waals surface area contributed by atoms with E-state index >= 15 is 0 Å². The summed E-state index contributed by atoms with van der Waals surface area (Å²) in [5, 5.41) is 6.27. The smallest absolute Gasteiger partial charge is 0.269 e. The van der Waals surface area contributed by atoms with Crippen LogP contribution in [0.15, 0.2) is 54.3 Å². The molecule has 0 aliphatic rings. The number of benzene rings is 2. The van der Waals surface area contributed by atoms with Crippen LogP contribution in [0.5, 0.6) is 11.5 Å². The van der Waals surface area contributed by atoms with Gasteiger partial charge in [-0.3, -0.25) is 14.7 Å². The number of anilines is 1. The number of hydrogen-bond donors (Lipinski definition) is 1. The Labute approximate surface area is 201 Å². The van der Waals surface area contributed by atoms with E-state index in [0.717, 1.165) is 11.1 Å². The first-order chi connectivity index (χ1) is 16.1. The van der Waals surface area contributed by atoms with Gasteiger partial charge in [0.15, 0.2) is 21.8 Å². The zero-order valence-corrected chi connectivity index (χ0v) is 19.8. The Morgan fingerprint density at radius 1 is 1.12 bits per heavy atom. The van der Waals surface area contributed by atoms with Crippen LogP contribution in [0.2, 0.25) is 5.02 Å². The quantitative estimate of drug-likeness (QED) is 0.332. The molecule has 0 atom stereocenters. The standard InChI is InChI=1S/C22H16ClN5O3S2/c1-30-16-9-14-15(10-17(16)31-2)28(11-25-14)22-26-18(12-4-3-5-13(23)8-12)19(33-22)20(29)27-21-24-6-7-32-21/h3-11H,1-2H3,(H,24,27,29). The predicted octanol–water partition coefficient (Wildman–Crippen LogP) is 5.53. The Bertz CT molecular complexity index is 1460. The highest BCUT2D eigenvalue weighted by Crippen LogP contribution is 2.36. The highest BCUT2D eigenvalue weighted by molar-refractivity contribution is 7.17. The van der Waals surface area contributed by atoms with Crippen LogP contribution in [0.4, 0.5) is 5.13 Å². The average Bonchev–Trinajstić information content (AvgIpc) is 3.57. The second kappa shape index (κ2) is 8.81. The van der Waals surface area contributed by atoms with Crippen LogP contribution in [-0.2, 0) is 0 Å². The van der Waals surface area contributed by atoms with E-state index in [0.29, 0.717) is 42.9 Å². The zero-order valence-electron chi connectivity index (χ0n) is 17.4. The first-order valence-corrected chi connectivity index (χ1v) is 11.7. The van der Waals surface area contributed by atoms with Gasteiger partial charge >= 0.3 is 0 Å². The number of carbonyl (C=O) groups is 1. The molecule has 3 aromatic heterocycles. The highest BCUT2D eigenvalue weighted by Gasteiger charge is 2.23. The Hall–Kier alpha value is -3.47. The molecule has 5 aromatic rings. The summed E-state index contributed by atoms with van der Waals surface area (Å²) >= 11 is 8.80. The minimum absolute atomic E-state index is 0.299. The number of amides is 1. The van der Waals surface area contributed by atoms with Crippen LogP contribution < -0.4 is 14.8 Å². The minimum Gasteiger partial charge on any atom is -0.493 e. The molecule has 166 valence electrons. The molecule has 0 bridgehead atoms. The Kier molecular flexibility index (Phi) is 5.71. The lowest BCUT2D eigenvalue weighted by molar-refractivity contribution is 0.103. The van der Waals surface area contributed by atoms with Gasteiger partial charge in [-0.25, -0.2) is 15.0 Å². The Morgan fingerprint density at radius 3 is 2.67 bits per heavy atom. The molecule has 0 saturated carbocycles. The maximum Gasteiger partial charge on any atom is 0.269 e. The van der Waals surface area contributed by atoms with Gasteiger partial charge in [-0.1, -0.05) is 35.1 Å². The summed E-state index contributed by atoms with van der Waals surface area (Å²) in [4.78, 5) is 27.0. The summed E-state index contributed by atoms with van der Waals surface area (Å²) < 4.78 is 12.6. The van der Waals surface area contributed by atoms with Crippen LogP contribution in [0.3, 0.4) is 0 Å². The normalized spacial score (nSPS) is 11.0. The van der Waals surface area contributed by atoms with Crippen molar-refractivity contribution in [1.29, 1.82) is 0 Å². The molecule has 0 spiro atoms. The van der Waals surface area contributed by atoms with E-state index in [1.165, 1.54) is 22.7 Å². The number of carbonyl (C=O) groups excluding carboxylic acids is 1. The lowest BCUT2D eigenvalue weighted by atomic mass is 10.1. The fourth-order valence-electron chi connectivity index (χ4n) is 3.32. The van der Waals surface area contributed by atoms with Gasteiger partial charge in [0.05, 0.1) is 30.9 Å². The SMILES string of the molecule is COc1cc2ncn(-c3nc(-c4cccc(Cl)c4)c(C(=O)Nc4nccs4)s3)c2cc1OC. The number of methoxy groups -OCH3 is 2. The summed E-state index contributed by atoms with van der Waals surface area (Å²) in [5.74, 6) is 0.852. The molecule has 5 rings (SSSR count). The fourth-order valence-corrected chi connectivity index (χ4v) is 5.01. The molecule has 33 heavy (non-hydrogen) atoms. The van der Waals surface area contributed by atoms with Gasteiger partial charge in [-0.05, 0) is 12.1 Å². The molecule has 8 nitrogen and oxygen atoms in total. The molecule has 0 aliphatic carbocycles. The fraction of sp³-hybridized carbons (Fsp3) is 0.0909. The van der Waals surface area contributed by atoms with Crippen LogP contribution in [0.1, 0.15) is 9.67 Å². The molecular formula is C22H16ClN5O3S2. The van der Waals surface area contributed by atoms with Crippen molar-refractivity contribution in [3.63, 3.8) is 0 Å². The molecule has 2 aromatic carbocycles. The van der Waals surface area contributed by atoms with Gasteiger partial charge < -0.3 is 9.47 Å². The molecular weight excluding hydrogens is 482 g/mol. The third kappa shape index (κ3) is 4.04. The number of ether oxygens (including phenoxy) is 2. The number of aromatic nitrogens is 4. The van der Waals surface area contributed by atoms with Crippen molar-refractivity contribution < 1.29 is 14.3 Å². The molecule has 1 amide bonds. The highest BCUT2D eigenvalue weighted by atomic mass is 35.5. The summed E-state index contributed by atoms with van der Waals surface area (Å²) in [6.07, 6.45) is 3.29. The Balaban J connectivity index is 1.65. The molecule has 0 saturated heterocycles. The van der Waals surface area contributed by atoms with E-state index in [1.54, 1.807) is 50.3 Å². The van der Waals surface area contributed by atoms with Gasteiger partial charge in [0, 0.05) is 34.3 Å². The molecule has 3 heterocycles. The molecule has 0 fully saturated rings. The van der Waals surface area contributed by atoms with E-state index in [-0.39, 0.29) is 5.91 Å². The molecule has 0 unspecified atom stereocenters. The summed E-state index contributed by atoms with van der Waals surface area (Å²) in [6, 6.07) is 10.9. The van der Waals surface area contributed by atoms with Gasteiger partial charge in [0.2, 0.25) is 0 Å². The van der Waals surface area contributed by atoms with E-state index in [1.807, 2.05) is 22.8 Å². The van der Waals surface area contributed by atoms with Crippen molar-refractivity contribution in [2.75, 3.05) is 19.5 Å². The minimum atomic E-state index is -0.299. The van der Waals surface area contributed by atoms with Crippen LogP contribution in [-0.4, -0.2) is 39.6 Å². The summed E-state index contributed by atoms with van der Waals surface area (Å²) in [6.45, 7) is 0. The molecule has 11 heteroatoms. The lowest BCUT2D eigenvalue weighted by Gasteiger charge is -2.07. The van der Waals surface area contributed by atoms with Crippen LogP contribution in [0.25, 0.3) is 27.4 Å². The maximum atomic E-state index is 13.2. The number of fused-ring (bicyclic) bond motifs is 1. The topological polar surface area (TPSA) is 91.2 Å². The summed E-state index contributed by atoms with van der Waals surface area (Å²) in [5.41, 5.74) is 2.73. The van der Waals surface area contributed by atoms with E-state index in [2.05, 4.69) is 15.3 Å². The maximum absolute atomic E-state index is 13.2. The third-order valence-corrected chi connectivity index (χ3v) is 6.81. The first-order valence-electron chi connectivity index (χ1n) is 9.64. The lowest BCUT2D eigenvalue weighted by Crippen LogP contribution is -2.11. The second-order valence-corrected chi connectivity index (χ2v) is 9.09. The van der Waals surface area contributed by atoms with Crippen molar-refractivity contribution in [3.05, 3.63) is 64.2 Å². The number of rotatable bonds is 6. The third-order valence-electron chi connectivity index (χ3n) is 4.83. The van der Waals surface area contributed by atoms with E-state index in [9.17, 15) is 4.79 Å². The molecule has 0 aliphatic heterocycles. The van der Waals surface area contributed by atoms with Gasteiger partial charge in [0.1, 0.15) is 11.2 Å². The van der Waals surface area contributed by atoms with Gasteiger partial charge in [-0.15, -0.1) is 11.3 Å². The molecule has 1 N–H and O–H groups in total. The van der Waals surface area contributed by atoms with Crippen molar-refractivity contribution >= 4 is 56.3 Å². The van der Waals surface area contributed by atoms with Crippen molar-refractivity contribution in [3.8, 4) is 27.9 Å². The monoisotopic (exact) mass is 497 g/mol. The van der Waals surface area contributed by atoms with E-state index < -0.39 is 0 Å². The molecule has 0 radical (unpaired) electrons. The van der Waals surface area contributed by atoms with Crippen LogP contribution >= 0.6 is 34.3 Å². The zero-order chi connectivity index (χ0) is 22.9. The van der Waals surface area contributed by atoms with Crippen LogP contribution in [0, 0.1) is 0 Å². The van der Waals surface area contributed by atoms with E-state index in [4.69, 9.17) is 26.1 Å².